The van der Waals surface area contributed by atoms with Crippen molar-refractivity contribution in [2.45, 2.75) is 31.7 Å². The highest BCUT2D eigenvalue weighted by molar-refractivity contribution is 5.87. The van der Waals surface area contributed by atoms with Crippen LogP contribution in [-0.2, 0) is 15.1 Å². The normalized spacial score (nSPS) is 19.0. The molecule has 21 heavy (non-hydrogen) atoms. The van der Waals surface area contributed by atoms with E-state index in [-0.39, 0.29) is 17.7 Å². The zero-order valence-corrected chi connectivity index (χ0v) is 12.4. The van der Waals surface area contributed by atoms with Crippen molar-refractivity contribution in [1.82, 2.24) is 4.90 Å². The van der Waals surface area contributed by atoms with Crippen LogP contribution in [0.3, 0.4) is 0 Å². The molecule has 114 valence electrons. The third-order valence-corrected chi connectivity index (χ3v) is 4.21. The molecule has 2 amide bonds. The minimum Gasteiger partial charge on any atom is -0.370 e. The summed E-state index contributed by atoms with van der Waals surface area (Å²) in [5.74, 6) is -0.0498. The maximum Gasteiger partial charge on any atom is 0.246 e. The summed E-state index contributed by atoms with van der Waals surface area (Å²) in [4.78, 5) is 25.4. The minimum absolute atomic E-state index is 0.0637. The molecule has 0 spiro atoms. The lowest BCUT2D eigenvalue weighted by atomic mass is 9.88. The van der Waals surface area contributed by atoms with Gasteiger partial charge in [0, 0.05) is 19.5 Å². The molecule has 1 aromatic carbocycles. The lowest BCUT2D eigenvalue weighted by molar-refractivity contribution is -0.138. The Morgan fingerprint density at radius 1 is 1.24 bits per heavy atom. The Kier molecular flexibility index (Phi) is 4.63. The second-order valence-corrected chi connectivity index (χ2v) is 5.97. The fraction of sp³-hybridized carbons (Fsp3) is 0.500. The molecule has 0 radical (unpaired) electrons. The van der Waals surface area contributed by atoms with Crippen molar-refractivity contribution >= 4 is 11.8 Å². The summed E-state index contributed by atoms with van der Waals surface area (Å²) in [5, 5.41) is 0. The topological polar surface area (TPSA) is 89.4 Å². The molecular weight excluding hydrogens is 266 g/mol. The van der Waals surface area contributed by atoms with Crippen molar-refractivity contribution in [3.63, 3.8) is 0 Å². The molecule has 1 saturated heterocycles. The first-order valence-electron chi connectivity index (χ1n) is 7.33. The van der Waals surface area contributed by atoms with Crippen LogP contribution >= 0.6 is 0 Å². The quantitative estimate of drug-likeness (QED) is 0.865. The smallest absolute Gasteiger partial charge is 0.246 e. The van der Waals surface area contributed by atoms with Crippen LogP contribution in [0.15, 0.2) is 30.3 Å². The SMILES string of the molecule is CC(N)(C(=O)N1CCC(CC(N)=O)CC1)c1ccccc1. The van der Waals surface area contributed by atoms with Gasteiger partial charge in [-0.1, -0.05) is 30.3 Å². The van der Waals surface area contributed by atoms with Gasteiger partial charge in [0.1, 0.15) is 5.54 Å². The number of carbonyl (C=O) groups excluding carboxylic acids is 2. The summed E-state index contributed by atoms with van der Waals surface area (Å²) in [6, 6.07) is 9.41. The van der Waals surface area contributed by atoms with Crippen LogP contribution in [0.1, 0.15) is 31.7 Å². The van der Waals surface area contributed by atoms with Gasteiger partial charge in [-0.15, -0.1) is 0 Å². The second-order valence-electron chi connectivity index (χ2n) is 5.97. The van der Waals surface area contributed by atoms with E-state index in [1.165, 1.54) is 0 Å². The average molecular weight is 289 g/mol. The van der Waals surface area contributed by atoms with Crippen LogP contribution in [0, 0.1) is 5.92 Å². The van der Waals surface area contributed by atoms with Crippen LogP contribution in [0.25, 0.3) is 0 Å². The molecule has 5 heteroatoms. The molecule has 1 fully saturated rings. The number of nitrogens with zero attached hydrogens (tertiary/aromatic N) is 1. The van der Waals surface area contributed by atoms with E-state index < -0.39 is 5.54 Å². The molecule has 4 N–H and O–H groups in total. The van der Waals surface area contributed by atoms with Crippen LogP contribution in [-0.4, -0.2) is 29.8 Å². The van der Waals surface area contributed by atoms with Gasteiger partial charge in [-0.2, -0.15) is 0 Å². The van der Waals surface area contributed by atoms with Crippen molar-refractivity contribution in [2.75, 3.05) is 13.1 Å². The Hall–Kier alpha value is -1.88. The van der Waals surface area contributed by atoms with Gasteiger partial charge in [-0.3, -0.25) is 9.59 Å². The fourth-order valence-electron chi connectivity index (χ4n) is 2.86. The van der Waals surface area contributed by atoms with Gasteiger partial charge < -0.3 is 16.4 Å². The molecule has 0 aliphatic carbocycles. The van der Waals surface area contributed by atoms with E-state index in [0.717, 1.165) is 18.4 Å². The number of piperidine rings is 1. The van der Waals surface area contributed by atoms with Crippen molar-refractivity contribution in [3.05, 3.63) is 35.9 Å². The molecule has 2 rings (SSSR count). The Balaban J connectivity index is 2.00. The van der Waals surface area contributed by atoms with Crippen molar-refractivity contribution in [3.8, 4) is 0 Å². The van der Waals surface area contributed by atoms with E-state index in [1.807, 2.05) is 30.3 Å². The third kappa shape index (κ3) is 3.61. The number of benzene rings is 1. The van der Waals surface area contributed by atoms with Crippen LogP contribution in [0.5, 0.6) is 0 Å². The summed E-state index contributed by atoms with van der Waals surface area (Å²) < 4.78 is 0. The summed E-state index contributed by atoms with van der Waals surface area (Å²) in [7, 11) is 0. The number of hydrogen-bond acceptors (Lipinski definition) is 3. The Labute approximate surface area is 125 Å². The molecule has 1 aliphatic heterocycles. The van der Waals surface area contributed by atoms with E-state index in [9.17, 15) is 9.59 Å². The summed E-state index contributed by atoms with van der Waals surface area (Å²) in [5.41, 5.74) is 11.3. The number of carbonyl (C=O) groups is 2. The van der Waals surface area contributed by atoms with Gasteiger partial charge >= 0.3 is 0 Å². The lowest BCUT2D eigenvalue weighted by Gasteiger charge is -2.36. The highest BCUT2D eigenvalue weighted by atomic mass is 16.2. The first-order valence-corrected chi connectivity index (χ1v) is 7.33. The highest BCUT2D eigenvalue weighted by Crippen LogP contribution is 2.25. The second kappa shape index (κ2) is 6.26. The molecule has 1 aliphatic rings. The summed E-state index contributed by atoms with van der Waals surface area (Å²) in [6.07, 6.45) is 2.01. The maximum atomic E-state index is 12.7. The third-order valence-electron chi connectivity index (χ3n) is 4.21. The highest BCUT2D eigenvalue weighted by Gasteiger charge is 2.36. The molecule has 5 nitrogen and oxygen atoms in total. The average Bonchev–Trinajstić information content (AvgIpc) is 2.47. The molecule has 1 atom stereocenters. The summed E-state index contributed by atoms with van der Waals surface area (Å²) in [6.45, 7) is 3.02. The number of rotatable bonds is 4. The lowest BCUT2D eigenvalue weighted by Crippen LogP contribution is -2.53. The minimum atomic E-state index is -1.02. The van der Waals surface area contributed by atoms with Gasteiger partial charge in [0.25, 0.3) is 0 Å². The van der Waals surface area contributed by atoms with Gasteiger partial charge in [-0.05, 0) is 31.2 Å². The first-order chi connectivity index (χ1) is 9.91. The molecule has 0 bridgehead atoms. The first kappa shape index (κ1) is 15.5. The molecular formula is C16H23N3O2. The summed E-state index contributed by atoms with van der Waals surface area (Å²) >= 11 is 0. The molecule has 1 unspecified atom stereocenters. The largest absolute Gasteiger partial charge is 0.370 e. The van der Waals surface area contributed by atoms with E-state index in [1.54, 1.807) is 11.8 Å². The Morgan fingerprint density at radius 3 is 2.33 bits per heavy atom. The molecule has 0 saturated carbocycles. The Morgan fingerprint density at radius 2 is 1.81 bits per heavy atom. The number of nitrogens with two attached hydrogens (primary N) is 2. The van der Waals surface area contributed by atoms with Crippen LogP contribution in [0.2, 0.25) is 0 Å². The van der Waals surface area contributed by atoms with E-state index >= 15 is 0 Å². The van der Waals surface area contributed by atoms with Crippen molar-refractivity contribution in [2.24, 2.45) is 17.4 Å². The molecule has 0 aromatic heterocycles. The standard InChI is InChI=1S/C16H23N3O2/c1-16(18,13-5-3-2-4-6-13)15(21)19-9-7-12(8-10-19)11-14(17)20/h2-6,12H,7-11,18H2,1H3,(H2,17,20). The van der Waals surface area contributed by atoms with Gasteiger partial charge in [-0.25, -0.2) is 0 Å². The van der Waals surface area contributed by atoms with E-state index in [0.29, 0.717) is 19.5 Å². The predicted molar refractivity (Wildman–Crippen MR) is 81.1 cm³/mol. The maximum absolute atomic E-state index is 12.7. The Bertz CT molecular complexity index is 506. The zero-order valence-electron chi connectivity index (χ0n) is 12.4. The van der Waals surface area contributed by atoms with Gasteiger partial charge in [0.15, 0.2) is 0 Å². The fourth-order valence-corrected chi connectivity index (χ4v) is 2.86. The molecule has 1 heterocycles. The van der Waals surface area contributed by atoms with E-state index in [4.69, 9.17) is 11.5 Å². The van der Waals surface area contributed by atoms with E-state index in [2.05, 4.69) is 0 Å². The van der Waals surface area contributed by atoms with Crippen molar-refractivity contribution < 1.29 is 9.59 Å². The van der Waals surface area contributed by atoms with Gasteiger partial charge in [0.05, 0.1) is 0 Å². The van der Waals surface area contributed by atoms with Crippen molar-refractivity contribution in [1.29, 1.82) is 0 Å². The number of hydrogen-bond donors (Lipinski definition) is 2. The number of primary amides is 1. The monoisotopic (exact) mass is 289 g/mol. The van der Waals surface area contributed by atoms with Crippen LogP contribution < -0.4 is 11.5 Å². The zero-order chi connectivity index (χ0) is 15.5. The molecule has 1 aromatic rings. The number of likely N-dealkylation sites (tertiary alicyclic amines) is 1. The van der Waals surface area contributed by atoms with Gasteiger partial charge in [0.2, 0.25) is 11.8 Å². The predicted octanol–water partition coefficient (Wildman–Crippen LogP) is 0.975. The van der Waals surface area contributed by atoms with Crippen LogP contribution in [0.4, 0.5) is 0 Å². The number of amides is 2.